The van der Waals surface area contributed by atoms with E-state index in [1.807, 2.05) is 5.10 Å². The average molecular weight is 201 g/mol. The molecule has 0 radical (unpaired) electrons. The highest BCUT2D eigenvalue weighted by molar-refractivity contribution is 6.31. The molecule has 0 spiro atoms. The molecule has 3 nitrogen and oxygen atoms in total. The van der Waals surface area contributed by atoms with Crippen LogP contribution >= 0.6 is 11.6 Å². The minimum Gasteiger partial charge on any atom is -0.390 e. The van der Waals surface area contributed by atoms with Gasteiger partial charge in [0.15, 0.2) is 5.69 Å². The fraction of sp³-hybridized carbons (Fsp3) is 0.400. The van der Waals surface area contributed by atoms with E-state index in [0.29, 0.717) is 0 Å². The number of rotatable bonds is 1. The van der Waals surface area contributed by atoms with Crippen LogP contribution in [0.3, 0.4) is 0 Å². The highest BCUT2D eigenvalue weighted by atomic mass is 35.5. The van der Waals surface area contributed by atoms with E-state index in [9.17, 15) is 13.2 Å². The molecular weight excluding hydrogens is 197 g/mol. The summed E-state index contributed by atoms with van der Waals surface area (Å²) in [4.78, 5) is 0. The molecule has 1 aromatic heterocycles. The molecular formula is C5H4ClF3N2O. The van der Waals surface area contributed by atoms with E-state index in [2.05, 4.69) is 5.10 Å². The van der Waals surface area contributed by atoms with Gasteiger partial charge in [-0.25, -0.2) is 0 Å². The van der Waals surface area contributed by atoms with Crippen LogP contribution in [0.25, 0.3) is 0 Å². The first kappa shape index (κ1) is 9.34. The lowest BCUT2D eigenvalue weighted by Crippen LogP contribution is -2.06. The first-order valence-corrected chi connectivity index (χ1v) is 3.25. The fourth-order valence-corrected chi connectivity index (χ4v) is 0.908. The molecule has 0 aromatic carbocycles. The summed E-state index contributed by atoms with van der Waals surface area (Å²) in [5.74, 6) is 0. The summed E-state index contributed by atoms with van der Waals surface area (Å²) in [7, 11) is 0. The number of aromatic nitrogens is 2. The summed E-state index contributed by atoms with van der Waals surface area (Å²) in [6.07, 6.45) is -4.58. The van der Waals surface area contributed by atoms with Crippen molar-refractivity contribution in [1.29, 1.82) is 0 Å². The van der Waals surface area contributed by atoms with Crippen molar-refractivity contribution in [1.82, 2.24) is 10.2 Å². The normalized spacial score (nSPS) is 12.1. The summed E-state index contributed by atoms with van der Waals surface area (Å²) in [5.41, 5.74) is -1.34. The topological polar surface area (TPSA) is 48.9 Å². The summed E-state index contributed by atoms with van der Waals surface area (Å²) in [5, 5.41) is 12.8. The van der Waals surface area contributed by atoms with Crippen LogP contribution in [0, 0.1) is 0 Å². The Hall–Kier alpha value is -0.750. The predicted molar refractivity (Wildman–Crippen MR) is 34.5 cm³/mol. The maximum Gasteiger partial charge on any atom is 0.436 e. The molecule has 0 saturated heterocycles. The number of hydrogen-bond donors (Lipinski definition) is 2. The smallest absolute Gasteiger partial charge is 0.390 e. The molecule has 0 bridgehead atoms. The van der Waals surface area contributed by atoms with E-state index in [1.165, 1.54) is 0 Å². The number of hydrogen-bond acceptors (Lipinski definition) is 2. The molecule has 1 aromatic rings. The summed E-state index contributed by atoms with van der Waals surface area (Å²) in [6, 6.07) is 0. The van der Waals surface area contributed by atoms with Crippen LogP contribution in [0.15, 0.2) is 0 Å². The van der Waals surface area contributed by atoms with Crippen molar-refractivity contribution in [3.8, 4) is 0 Å². The zero-order valence-corrected chi connectivity index (χ0v) is 6.37. The number of nitrogens with zero attached hydrogens (tertiary/aromatic N) is 1. The van der Waals surface area contributed by atoms with Gasteiger partial charge in [0.25, 0.3) is 0 Å². The molecule has 0 atom stereocenters. The standard InChI is InChI=1S/C5H4ClF3N2O/c6-3-2(1-12)10-11-4(3)5(7,8)9/h12H,1H2,(H,10,11). The first-order valence-electron chi connectivity index (χ1n) is 2.87. The zero-order chi connectivity index (χ0) is 9.35. The van der Waals surface area contributed by atoms with Crippen LogP contribution in [0.5, 0.6) is 0 Å². The van der Waals surface area contributed by atoms with Crippen LogP contribution in [-0.2, 0) is 12.8 Å². The van der Waals surface area contributed by atoms with Gasteiger partial charge in [-0.15, -0.1) is 0 Å². The van der Waals surface area contributed by atoms with Gasteiger partial charge in [0.2, 0.25) is 0 Å². The van der Waals surface area contributed by atoms with E-state index in [0.717, 1.165) is 0 Å². The number of aliphatic hydroxyl groups excluding tert-OH is 1. The van der Waals surface area contributed by atoms with Gasteiger partial charge in [0.1, 0.15) is 0 Å². The van der Waals surface area contributed by atoms with Crippen LogP contribution < -0.4 is 0 Å². The van der Waals surface area contributed by atoms with Gasteiger partial charge >= 0.3 is 6.18 Å². The Morgan fingerprint density at radius 2 is 2.08 bits per heavy atom. The number of halogens is 4. The van der Waals surface area contributed by atoms with Crippen molar-refractivity contribution >= 4 is 11.6 Å². The van der Waals surface area contributed by atoms with Gasteiger partial charge < -0.3 is 5.11 Å². The third-order valence-electron chi connectivity index (χ3n) is 1.20. The van der Waals surface area contributed by atoms with E-state index in [4.69, 9.17) is 16.7 Å². The minimum absolute atomic E-state index is 0.135. The van der Waals surface area contributed by atoms with Gasteiger partial charge in [-0.1, -0.05) is 11.6 Å². The maximum atomic E-state index is 11.9. The number of nitrogens with one attached hydrogen (secondary N) is 1. The van der Waals surface area contributed by atoms with Gasteiger partial charge in [-0.3, -0.25) is 5.10 Å². The SMILES string of the molecule is OCc1[nH]nc(C(F)(F)F)c1Cl. The Balaban J connectivity index is 3.11. The van der Waals surface area contributed by atoms with Gasteiger partial charge in [-0.2, -0.15) is 18.3 Å². The molecule has 0 aliphatic carbocycles. The lowest BCUT2D eigenvalue weighted by molar-refractivity contribution is -0.141. The quantitative estimate of drug-likeness (QED) is 0.723. The second kappa shape index (κ2) is 2.95. The third kappa shape index (κ3) is 1.54. The molecule has 1 rings (SSSR count). The Morgan fingerprint density at radius 1 is 1.50 bits per heavy atom. The maximum absolute atomic E-state index is 11.9. The summed E-state index contributed by atoms with van der Waals surface area (Å²) < 4.78 is 35.8. The van der Waals surface area contributed by atoms with Crippen molar-refractivity contribution in [2.45, 2.75) is 12.8 Å². The van der Waals surface area contributed by atoms with Gasteiger partial charge in [0.05, 0.1) is 17.3 Å². The summed E-state index contributed by atoms with van der Waals surface area (Å²) in [6.45, 7) is -0.595. The Morgan fingerprint density at radius 3 is 2.33 bits per heavy atom. The Labute approximate surface area is 70.2 Å². The highest BCUT2D eigenvalue weighted by Crippen LogP contribution is 2.34. The van der Waals surface area contributed by atoms with E-state index < -0.39 is 23.5 Å². The number of H-pyrrole nitrogens is 1. The second-order valence-electron chi connectivity index (χ2n) is 2.02. The predicted octanol–water partition coefficient (Wildman–Crippen LogP) is 1.57. The lowest BCUT2D eigenvalue weighted by atomic mass is 10.3. The van der Waals surface area contributed by atoms with Crippen LogP contribution in [-0.4, -0.2) is 15.3 Å². The van der Waals surface area contributed by atoms with Crippen molar-refractivity contribution in [2.24, 2.45) is 0 Å². The molecule has 7 heteroatoms. The number of alkyl halides is 3. The molecule has 12 heavy (non-hydrogen) atoms. The van der Waals surface area contributed by atoms with Crippen molar-refractivity contribution < 1.29 is 18.3 Å². The zero-order valence-electron chi connectivity index (χ0n) is 5.61. The van der Waals surface area contributed by atoms with Crippen molar-refractivity contribution in [2.75, 3.05) is 0 Å². The monoisotopic (exact) mass is 200 g/mol. The van der Waals surface area contributed by atoms with Gasteiger partial charge in [0, 0.05) is 0 Å². The molecule has 2 N–H and O–H groups in total. The van der Waals surface area contributed by atoms with Crippen LogP contribution in [0.1, 0.15) is 11.4 Å². The highest BCUT2D eigenvalue weighted by Gasteiger charge is 2.37. The molecule has 0 amide bonds. The minimum atomic E-state index is -4.58. The van der Waals surface area contributed by atoms with E-state index >= 15 is 0 Å². The largest absolute Gasteiger partial charge is 0.436 e. The molecule has 1 heterocycles. The van der Waals surface area contributed by atoms with Crippen LogP contribution in [0.2, 0.25) is 5.02 Å². The molecule has 0 aliphatic rings. The number of aromatic amines is 1. The summed E-state index contributed by atoms with van der Waals surface area (Å²) >= 11 is 5.24. The molecule has 68 valence electrons. The number of aliphatic hydroxyl groups is 1. The van der Waals surface area contributed by atoms with E-state index in [1.54, 1.807) is 0 Å². The molecule has 0 saturated carbocycles. The van der Waals surface area contributed by atoms with Crippen LogP contribution in [0.4, 0.5) is 13.2 Å². The average Bonchev–Trinajstić information content (AvgIpc) is 2.29. The Bertz CT molecular complexity index is 283. The third-order valence-corrected chi connectivity index (χ3v) is 1.61. The van der Waals surface area contributed by atoms with Crippen molar-refractivity contribution in [3.05, 3.63) is 16.4 Å². The fourth-order valence-electron chi connectivity index (χ4n) is 0.657. The second-order valence-corrected chi connectivity index (χ2v) is 2.40. The van der Waals surface area contributed by atoms with Gasteiger partial charge in [-0.05, 0) is 0 Å². The van der Waals surface area contributed by atoms with Crippen molar-refractivity contribution in [3.63, 3.8) is 0 Å². The molecule has 0 unspecified atom stereocenters. The first-order chi connectivity index (χ1) is 5.46. The molecule has 0 aliphatic heterocycles. The Kier molecular flexibility index (Phi) is 2.29. The lowest BCUT2D eigenvalue weighted by Gasteiger charge is -2.01. The molecule has 0 fully saturated rings. The van der Waals surface area contributed by atoms with E-state index in [-0.39, 0.29) is 5.69 Å².